The number of benzene rings is 1. The summed E-state index contributed by atoms with van der Waals surface area (Å²) in [5.74, 6) is 0.478. The Morgan fingerprint density at radius 1 is 1.27 bits per heavy atom. The Labute approximate surface area is 130 Å². The van der Waals surface area contributed by atoms with E-state index in [1.54, 1.807) is 29.2 Å². The molecular formula is C16H22N2O4. The molecule has 6 nitrogen and oxygen atoms in total. The number of nitrogens with zero attached hydrogens (tertiary/aromatic N) is 2. The molecule has 1 aliphatic heterocycles. The minimum Gasteiger partial charge on any atom is -0.492 e. The normalized spacial score (nSPS) is 19.1. The monoisotopic (exact) mass is 306 g/mol. The number of rotatable bonds is 5. The van der Waals surface area contributed by atoms with Crippen molar-refractivity contribution in [1.82, 2.24) is 9.80 Å². The van der Waals surface area contributed by atoms with Crippen LogP contribution in [-0.4, -0.2) is 68.1 Å². The average molecular weight is 306 g/mol. The first-order valence-electron chi connectivity index (χ1n) is 7.33. The number of likely N-dealkylation sites (N-methyl/N-ethyl adjacent to an activating group) is 1. The lowest BCUT2D eigenvalue weighted by Crippen LogP contribution is -2.55. The zero-order chi connectivity index (χ0) is 16.1. The summed E-state index contributed by atoms with van der Waals surface area (Å²) in [4.78, 5) is 27.1. The fourth-order valence-electron chi connectivity index (χ4n) is 2.45. The van der Waals surface area contributed by atoms with Gasteiger partial charge in [-0.15, -0.1) is 0 Å². The van der Waals surface area contributed by atoms with Gasteiger partial charge in [-0.3, -0.25) is 9.69 Å². The molecule has 0 aliphatic carbocycles. The molecule has 0 aromatic heterocycles. The standard InChI is InChI=1S/C16H22N2O4/c1-12-15(19)17(2)8-9-18(12)10-11-22-14-6-4-13(5-7-14)16(20)21-3/h4-7,12H,8-11H2,1-3H3/t12-/m1/s1. The van der Waals surface area contributed by atoms with E-state index in [0.717, 1.165) is 13.1 Å². The summed E-state index contributed by atoms with van der Waals surface area (Å²) in [6.07, 6.45) is 0. The Hall–Kier alpha value is -2.08. The lowest BCUT2D eigenvalue weighted by Gasteiger charge is -2.37. The van der Waals surface area contributed by atoms with Crippen molar-refractivity contribution in [2.24, 2.45) is 0 Å². The molecule has 6 heteroatoms. The van der Waals surface area contributed by atoms with Crippen molar-refractivity contribution in [3.8, 4) is 5.75 Å². The molecule has 1 atom stereocenters. The van der Waals surface area contributed by atoms with Crippen molar-refractivity contribution in [3.63, 3.8) is 0 Å². The van der Waals surface area contributed by atoms with Gasteiger partial charge in [0.1, 0.15) is 12.4 Å². The highest BCUT2D eigenvalue weighted by Gasteiger charge is 2.28. The van der Waals surface area contributed by atoms with E-state index >= 15 is 0 Å². The summed E-state index contributed by atoms with van der Waals surface area (Å²) in [6.45, 7) is 4.71. The third kappa shape index (κ3) is 3.76. The number of methoxy groups -OCH3 is 1. The third-order valence-electron chi connectivity index (χ3n) is 3.93. The van der Waals surface area contributed by atoms with Crippen molar-refractivity contribution < 1.29 is 19.1 Å². The number of carbonyl (C=O) groups excluding carboxylic acids is 2. The van der Waals surface area contributed by atoms with Crippen LogP contribution in [0.3, 0.4) is 0 Å². The van der Waals surface area contributed by atoms with E-state index in [4.69, 9.17) is 4.74 Å². The first kappa shape index (κ1) is 16.3. The molecule has 1 fully saturated rings. The molecule has 1 aromatic carbocycles. The molecule has 0 saturated carbocycles. The molecule has 2 rings (SSSR count). The predicted molar refractivity (Wildman–Crippen MR) is 81.9 cm³/mol. The van der Waals surface area contributed by atoms with Gasteiger partial charge in [-0.1, -0.05) is 0 Å². The fraction of sp³-hybridized carbons (Fsp3) is 0.500. The highest BCUT2D eigenvalue weighted by atomic mass is 16.5. The van der Waals surface area contributed by atoms with Gasteiger partial charge in [-0.05, 0) is 31.2 Å². The van der Waals surface area contributed by atoms with Crippen molar-refractivity contribution in [2.75, 3.05) is 40.4 Å². The van der Waals surface area contributed by atoms with Gasteiger partial charge in [0.15, 0.2) is 0 Å². The number of piperazine rings is 1. The first-order valence-corrected chi connectivity index (χ1v) is 7.33. The quantitative estimate of drug-likeness (QED) is 0.760. The first-order chi connectivity index (χ1) is 10.5. The van der Waals surface area contributed by atoms with Gasteiger partial charge in [0.05, 0.1) is 18.7 Å². The molecule has 1 aliphatic rings. The molecule has 22 heavy (non-hydrogen) atoms. The van der Waals surface area contributed by atoms with Gasteiger partial charge in [0.25, 0.3) is 0 Å². The summed E-state index contributed by atoms with van der Waals surface area (Å²) < 4.78 is 10.3. The number of carbonyl (C=O) groups is 2. The molecule has 0 spiro atoms. The second kappa shape index (κ2) is 7.26. The van der Waals surface area contributed by atoms with E-state index in [9.17, 15) is 9.59 Å². The lowest BCUT2D eigenvalue weighted by molar-refractivity contribution is -0.139. The summed E-state index contributed by atoms with van der Waals surface area (Å²) in [5.41, 5.74) is 0.494. The lowest BCUT2D eigenvalue weighted by atomic mass is 10.2. The van der Waals surface area contributed by atoms with Crippen molar-refractivity contribution in [1.29, 1.82) is 0 Å². The van der Waals surface area contributed by atoms with Crippen LogP contribution in [0.15, 0.2) is 24.3 Å². The van der Waals surface area contributed by atoms with Crippen LogP contribution in [0.1, 0.15) is 17.3 Å². The minimum absolute atomic E-state index is 0.107. The molecular weight excluding hydrogens is 284 g/mol. The summed E-state index contributed by atoms with van der Waals surface area (Å²) in [7, 11) is 3.18. The smallest absolute Gasteiger partial charge is 0.337 e. The fourth-order valence-corrected chi connectivity index (χ4v) is 2.45. The van der Waals surface area contributed by atoms with Crippen LogP contribution in [0.5, 0.6) is 5.75 Å². The predicted octanol–water partition coefficient (Wildman–Crippen LogP) is 1.01. The summed E-state index contributed by atoms with van der Waals surface area (Å²) in [6, 6.07) is 6.71. The van der Waals surface area contributed by atoms with Crippen LogP contribution in [0.25, 0.3) is 0 Å². The second-order valence-corrected chi connectivity index (χ2v) is 5.34. The Morgan fingerprint density at radius 3 is 2.59 bits per heavy atom. The largest absolute Gasteiger partial charge is 0.492 e. The van der Waals surface area contributed by atoms with Gasteiger partial charge in [0.2, 0.25) is 5.91 Å². The third-order valence-corrected chi connectivity index (χ3v) is 3.93. The van der Waals surface area contributed by atoms with Crippen LogP contribution in [0.4, 0.5) is 0 Å². The maximum atomic E-state index is 11.9. The van der Waals surface area contributed by atoms with Gasteiger partial charge < -0.3 is 14.4 Å². The van der Waals surface area contributed by atoms with E-state index in [0.29, 0.717) is 24.5 Å². The number of ether oxygens (including phenoxy) is 2. The van der Waals surface area contributed by atoms with Crippen molar-refractivity contribution in [2.45, 2.75) is 13.0 Å². The van der Waals surface area contributed by atoms with Gasteiger partial charge >= 0.3 is 5.97 Å². The number of hydrogen-bond donors (Lipinski definition) is 0. The van der Waals surface area contributed by atoms with E-state index < -0.39 is 0 Å². The zero-order valence-electron chi connectivity index (χ0n) is 13.2. The van der Waals surface area contributed by atoms with Gasteiger partial charge in [-0.25, -0.2) is 4.79 Å². The molecule has 0 unspecified atom stereocenters. The van der Waals surface area contributed by atoms with E-state index in [1.165, 1.54) is 7.11 Å². The van der Waals surface area contributed by atoms with Crippen LogP contribution in [0, 0.1) is 0 Å². The topological polar surface area (TPSA) is 59.1 Å². The molecule has 1 aromatic rings. The number of esters is 1. The Balaban J connectivity index is 1.81. The Bertz CT molecular complexity index is 529. The molecule has 0 bridgehead atoms. The Morgan fingerprint density at radius 2 is 1.95 bits per heavy atom. The van der Waals surface area contributed by atoms with Crippen molar-refractivity contribution in [3.05, 3.63) is 29.8 Å². The van der Waals surface area contributed by atoms with Crippen molar-refractivity contribution >= 4 is 11.9 Å². The SMILES string of the molecule is COC(=O)c1ccc(OCCN2CCN(C)C(=O)[C@H]2C)cc1. The second-order valence-electron chi connectivity index (χ2n) is 5.34. The maximum absolute atomic E-state index is 11.9. The van der Waals surface area contributed by atoms with Crippen LogP contribution < -0.4 is 4.74 Å². The van der Waals surface area contributed by atoms with E-state index in [2.05, 4.69) is 9.64 Å². The molecule has 1 saturated heterocycles. The summed E-state index contributed by atoms with van der Waals surface area (Å²) in [5, 5.41) is 0. The van der Waals surface area contributed by atoms with Crippen LogP contribution in [0.2, 0.25) is 0 Å². The van der Waals surface area contributed by atoms with Gasteiger partial charge in [0, 0.05) is 26.7 Å². The minimum atomic E-state index is -0.365. The molecule has 1 heterocycles. The van der Waals surface area contributed by atoms with E-state index in [-0.39, 0.29) is 17.9 Å². The summed E-state index contributed by atoms with van der Waals surface area (Å²) >= 11 is 0. The molecule has 0 N–H and O–H groups in total. The van der Waals surface area contributed by atoms with Crippen LogP contribution in [-0.2, 0) is 9.53 Å². The highest BCUT2D eigenvalue weighted by Crippen LogP contribution is 2.14. The van der Waals surface area contributed by atoms with Gasteiger partial charge in [-0.2, -0.15) is 0 Å². The Kier molecular flexibility index (Phi) is 5.38. The average Bonchev–Trinajstić information content (AvgIpc) is 2.54. The molecule has 1 amide bonds. The zero-order valence-corrected chi connectivity index (χ0v) is 13.2. The van der Waals surface area contributed by atoms with E-state index in [1.807, 2.05) is 14.0 Å². The molecule has 0 radical (unpaired) electrons. The van der Waals surface area contributed by atoms with Crippen LogP contribution >= 0.6 is 0 Å². The number of hydrogen-bond acceptors (Lipinski definition) is 5. The maximum Gasteiger partial charge on any atom is 0.337 e. The molecule has 120 valence electrons. The number of amides is 1. The highest BCUT2D eigenvalue weighted by molar-refractivity contribution is 5.89.